The Labute approximate surface area is 147 Å². The molecule has 0 fully saturated rings. The second-order valence-corrected chi connectivity index (χ2v) is 6.87. The van der Waals surface area contributed by atoms with Crippen molar-refractivity contribution < 1.29 is 4.79 Å². The minimum absolute atomic E-state index is 0.00765. The highest BCUT2D eigenvalue weighted by Gasteiger charge is 2.05. The molecule has 0 aliphatic heterocycles. The Balaban J connectivity index is 1.58. The van der Waals surface area contributed by atoms with Crippen LogP contribution in [0.15, 0.2) is 64.0 Å². The van der Waals surface area contributed by atoms with E-state index in [1.807, 2.05) is 35.8 Å². The number of nitrogens with zero attached hydrogens (tertiary/aromatic N) is 1. The van der Waals surface area contributed by atoms with E-state index in [-0.39, 0.29) is 5.91 Å². The van der Waals surface area contributed by atoms with Crippen LogP contribution in [0.25, 0.3) is 11.1 Å². The van der Waals surface area contributed by atoms with E-state index < -0.39 is 0 Å². The third-order valence-electron chi connectivity index (χ3n) is 3.42. The predicted molar refractivity (Wildman–Crippen MR) is 97.2 cm³/mol. The van der Waals surface area contributed by atoms with Crippen molar-refractivity contribution in [3.63, 3.8) is 0 Å². The summed E-state index contributed by atoms with van der Waals surface area (Å²) in [5.41, 5.74) is 4.23. The number of benzene rings is 1. The molecule has 0 aliphatic carbocycles. The molecule has 5 heteroatoms. The van der Waals surface area contributed by atoms with Gasteiger partial charge in [-0.05, 0) is 51.7 Å². The van der Waals surface area contributed by atoms with Gasteiger partial charge in [0.25, 0.3) is 0 Å². The van der Waals surface area contributed by atoms with Crippen molar-refractivity contribution in [2.75, 3.05) is 0 Å². The first kappa shape index (κ1) is 15.9. The number of amides is 1. The first-order chi connectivity index (χ1) is 11.2. The zero-order valence-electron chi connectivity index (χ0n) is 12.3. The molecule has 1 amide bonds. The number of carbonyl (C=O) groups is 1. The average molecular weight is 387 g/mol. The Hall–Kier alpha value is -1.98. The van der Waals surface area contributed by atoms with Crippen LogP contribution in [0.4, 0.5) is 0 Å². The third-order valence-corrected chi connectivity index (χ3v) is 4.63. The molecule has 0 spiro atoms. The van der Waals surface area contributed by atoms with Crippen LogP contribution in [0.5, 0.6) is 0 Å². The Morgan fingerprint density at radius 2 is 1.91 bits per heavy atom. The lowest BCUT2D eigenvalue weighted by Crippen LogP contribution is -2.24. The molecule has 0 unspecified atom stereocenters. The number of hydrogen-bond donors (Lipinski definition) is 1. The van der Waals surface area contributed by atoms with Crippen LogP contribution in [-0.2, 0) is 17.8 Å². The Bertz CT molecular complexity index is 785. The van der Waals surface area contributed by atoms with Crippen LogP contribution in [0, 0.1) is 0 Å². The lowest BCUT2D eigenvalue weighted by Gasteiger charge is -2.07. The van der Waals surface area contributed by atoms with Gasteiger partial charge in [-0.25, -0.2) is 0 Å². The monoisotopic (exact) mass is 386 g/mol. The Morgan fingerprint density at radius 1 is 1.09 bits per heavy atom. The summed E-state index contributed by atoms with van der Waals surface area (Å²) < 4.78 is 1.01. The second kappa shape index (κ2) is 7.53. The van der Waals surface area contributed by atoms with E-state index in [9.17, 15) is 4.79 Å². The van der Waals surface area contributed by atoms with Crippen LogP contribution < -0.4 is 5.32 Å². The minimum Gasteiger partial charge on any atom is -0.352 e. The van der Waals surface area contributed by atoms with Gasteiger partial charge in [-0.1, -0.05) is 28.1 Å². The number of hydrogen-bond acceptors (Lipinski definition) is 3. The van der Waals surface area contributed by atoms with Crippen molar-refractivity contribution in [2.45, 2.75) is 13.0 Å². The molecule has 0 radical (unpaired) electrons. The van der Waals surface area contributed by atoms with E-state index in [4.69, 9.17) is 0 Å². The molecule has 1 aromatic carbocycles. The molecule has 3 rings (SSSR count). The summed E-state index contributed by atoms with van der Waals surface area (Å²) >= 11 is 5.05. The normalized spacial score (nSPS) is 10.5. The van der Waals surface area contributed by atoms with Gasteiger partial charge in [0.15, 0.2) is 0 Å². The highest BCUT2D eigenvalue weighted by molar-refractivity contribution is 9.10. The van der Waals surface area contributed by atoms with Crippen molar-refractivity contribution in [1.29, 1.82) is 0 Å². The standard InChI is InChI=1S/C18H15BrN2OS/c19-17-3-1-13(2-4-17)8-18(22)21-10-14-7-16(11-20-9-14)15-5-6-23-12-15/h1-7,9,11-12H,8,10H2,(H,21,22). The highest BCUT2D eigenvalue weighted by atomic mass is 79.9. The van der Waals surface area contributed by atoms with Crippen molar-refractivity contribution in [1.82, 2.24) is 10.3 Å². The molecule has 0 atom stereocenters. The van der Waals surface area contributed by atoms with E-state index in [0.717, 1.165) is 26.7 Å². The van der Waals surface area contributed by atoms with Gasteiger partial charge in [0.1, 0.15) is 0 Å². The second-order valence-electron chi connectivity index (χ2n) is 5.17. The molecular weight excluding hydrogens is 372 g/mol. The van der Waals surface area contributed by atoms with E-state index in [2.05, 4.69) is 43.7 Å². The number of halogens is 1. The number of nitrogens with one attached hydrogen (secondary N) is 1. The average Bonchev–Trinajstić information content (AvgIpc) is 3.10. The molecule has 116 valence electrons. The third kappa shape index (κ3) is 4.50. The summed E-state index contributed by atoms with van der Waals surface area (Å²) in [4.78, 5) is 16.3. The number of aromatic nitrogens is 1. The van der Waals surface area contributed by atoms with E-state index in [1.165, 1.54) is 0 Å². The van der Waals surface area contributed by atoms with Crippen LogP contribution in [0.1, 0.15) is 11.1 Å². The smallest absolute Gasteiger partial charge is 0.224 e. The van der Waals surface area contributed by atoms with Gasteiger partial charge in [-0.15, -0.1) is 0 Å². The molecule has 0 saturated carbocycles. The molecule has 0 saturated heterocycles. The molecule has 2 aromatic heterocycles. The van der Waals surface area contributed by atoms with Crippen molar-refractivity contribution in [2.24, 2.45) is 0 Å². The predicted octanol–water partition coefficient (Wildman–Crippen LogP) is 4.43. The fourth-order valence-corrected chi connectivity index (χ4v) is 3.15. The molecule has 1 N–H and O–H groups in total. The van der Waals surface area contributed by atoms with E-state index >= 15 is 0 Å². The largest absolute Gasteiger partial charge is 0.352 e. The van der Waals surface area contributed by atoms with E-state index in [1.54, 1.807) is 17.5 Å². The molecule has 2 heterocycles. The molecule has 23 heavy (non-hydrogen) atoms. The molecule has 3 nitrogen and oxygen atoms in total. The van der Waals surface area contributed by atoms with Crippen molar-refractivity contribution >= 4 is 33.2 Å². The van der Waals surface area contributed by atoms with Crippen LogP contribution >= 0.6 is 27.3 Å². The number of pyridine rings is 1. The lowest BCUT2D eigenvalue weighted by atomic mass is 10.1. The first-order valence-corrected chi connectivity index (χ1v) is 8.92. The summed E-state index contributed by atoms with van der Waals surface area (Å²) in [5.74, 6) is 0.00765. The summed E-state index contributed by atoms with van der Waals surface area (Å²) in [6.45, 7) is 0.486. The van der Waals surface area contributed by atoms with Gasteiger partial charge in [0.2, 0.25) is 5.91 Å². The first-order valence-electron chi connectivity index (χ1n) is 7.18. The summed E-state index contributed by atoms with van der Waals surface area (Å²) in [6.07, 6.45) is 4.01. The zero-order valence-corrected chi connectivity index (χ0v) is 14.7. The van der Waals surface area contributed by atoms with Gasteiger partial charge in [0, 0.05) is 29.0 Å². The van der Waals surface area contributed by atoms with Crippen LogP contribution in [0.3, 0.4) is 0 Å². The van der Waals surface area contributed by atoms with Crippen molar-refractivity contribution in [3.05, 3.63) is 75.2 Å². The topological polar surface area (TPSA) is 42.0 Å². The molecule has 0 aliphatic rings. The summed E-state index contributed by atoms with van der Waals surface area (Å²) in [7, 11) is 0. The van der Waals surface area contributed by atoms with Gasteiger partial charge in [-0.3, -0.25) is 9.78 Å². The number of carbonyl (C=O) groups excluding carboxylic acids is 1. The Morgan fingerprint density at radius 3 is 2.65 bits per heavy atom. The molecule has 3 aromatic rings. The fourth-order valence-electron chi connectivity index (χ4n) is 2.22. The quantitative estimate of drug-likeness (QED) is 0.704. The fraction of sp³-hybridized carbons (Fsp3) is 0.111. The summed E-state index contributed by atoms with van der Waals surface area (Å²) in [5, 5.41) is 7.08. The van der Waals surface area contributed by atoms with Crippen LogP contribution in [0.2, 0.25) is 0 Å². The number of rotatable bonds is 5. The Kier molecular flexibility index (Phi) is 5.20. The maximum absolute atomic E-state index is 12.0. The van der Waals surface area contributed by atoms with Gasteiger partial charge in [0.05, 0.1) is 6.42 Å². The van der Waals surface area contributed by atoms with Gasteiger partial charge >= 0.3 is 0 Å². The maximum Gasteiger partial charge on any atom is 0.224 e. The highest BCUT2D eigenvalue weighted by Crippen LogP contribution is 2.21. The van der Waals surface area contributed by atoms with E-state index in [0.29, 0.717) is 13.0 Å². The van der Waals surface area contributed by atoms with Crippen LogP contribution in [-0.4, -0.2) is 10.9 Å². The maximum atomic E-state index is 12.0. The molecule has 0 bridgehead atoms. The SMILES string of the molecule is O=C(Cc1ccc(Br)cc1)NCc1cncc(-c2ccsc2)c1. The van der Waals surface area contributed by atoms with Crippen molar-refractivity contribution in [3.8, 4) is 11.1 Å². The zero-order chi connectivity index (χ0) is 16.1. The van der Waals surface area contributed by atoms with Gasteiger partial charge < -0.3 is 5.32 Å². The lowest BCUT2D eigenvalue weighted by molar-refractivity contribution is -0.120. The molecular formula is C18H15BrN2OS. The minimum atomic E-state index is 0.00765. The van der Waals surface area contributed by atoms with Gasteiger partial charge in [-0.2, -0.15) is 11.3 Å². The number of thiophene rings is 1. The summed E-state index contributed by atoms with van der Waals surface area (Å²) in [6, 6.07) is 11.9.